The van der Waals surface area contributed by atoms with Crippen LogP contribution >= 0.6 is 0 Å². The first-order valence-electron chi connectivity index (χ1n) is 8.40. The van der Waals surface area contributed by atoms with Crippen molar-refractivity contribution in [3.8, 4) is 23.1 Å². The Morgan fingerprint density at radius 2 is 1.85 bits per heavy atom. The summed E-state index contributed by atoms with van der Waals surface area (Å²) in [5.41, 5.74) is 1.73. The lowest BCUT2D eigenvalue weighted by atomic mass is 10.1. The lowest BCUT2D eigenvalue weighted by Crippen LogP contribution is -2.23. The molecule has 0 aliphatic rings. The second-order valence-corrected chi connectivity index (χ2v) is 5.93. The summed E-state index contributed by atoms with van der Waals surface area (Å²) >= 11 is 0. The maximum Gasteiger partial charge on any atom is 0.255 e. The van der Waals surface area contributed by atoms with Crippen LogP contribution in [0.1, 0.15) is 21.5 Å². The third-order valence-corrected chi connectivity index (χ3v) is 4.02. The van der Waals surface area contributed by atoms with Gasteiger partial charge in [-0.2, -0.15) is 0 Å². The van der Waals surface area contributed by atoms with E-state index in [-0.39, 0.29) is 23.8 Å². The van der Waals surface area contributed by atoms with Crippen LogP contribution in [0.15, 0.2) is 60.8 Å². The Hall–Kier alpha value is -3.54. The zero-order chi connectivity index (χ0) is 19.2. The number of carbonyl (C=O) groups excluding carboxylic acids is 1. The quantitative estimate of drug-likeness (QED) is 0.695. The number of amides is 1. The highest BCUT2D eigenvalue weighted by molar-refractivity contribution is 5.97. The number of hydrogen-bond donors (Lipinski definition) is 2. The number of para-hydroxylation sites is 1. The fourth-order valence-electron chi connectivity index (χ4n) is 2.50. The van der Waals surface area contributed by atoms with Crippen LogP contribution in [-0.4, -0.2) is 23.1 Å². The summed E-state index contributed by atoms with van der Waals surface area (Å²) in [7, 11) is 1.60. The molecule has 0 fully saturated rings. The molecule has 3 rings (SSSR count). The number of methoxy groups -OCH3 is 1. The molecule has 6 heteroatoms. The number of carbonyl (C=O) groups is 1. The Labute approximate surface area is 157 Å². The van der Waals surface area contributed by atoms with Gasteiger partial charge in [-0.1, -0.05) is 12.1 Å². The molecule has 138 valence electrons. The van der Waals surface area contributed by atoms with Gasteiger partial charge in [0, 0.05) is 18.8 Å². The molecule has 1 heterocycles. The van der Waals surface area contributed by atoms with Gasteiger partial charge in [-0.05, 0) is 54.4 Å². The largest absolute Gasteiger partial charge is 0.507 e. The molecule has 0 aliphatic heterocycles. The normalized spacial score (nSPS) is 10.3. The lowest BCUT2D eigenvalue weighted by Gasteiger charge is -2.10. The molecule has 0 spiro atoms. The van der Waals surface area contributed by atoms with Crippen molar-refractivity contribution in [2.24, 2.45) is 0 Å². The maximum atomic E-state index is 12.3. The molecule has 1 amide bonds. The molecule has 0 unspecified atom stereocenters. The second kappa shape index (κ2) is 8.23. The van der Waals surface area contributed by atoms with E-state index in [4.69, 9.17) is 9.47 Å². The van der Waals surface area contributed by atoms with Crippen LogP contribution in [0.2, 0.25) is 0 Å². The van der Waals surface area contributed by atoms with E-state index in [2.05, 4.69) is 10.3 Å². The second-order valence-electron chi connectivity index (χ2n) is 5.93. The number of phenols is 1. The van der Waals surface area contributed by atoms with Crippen LogP contribution in [0, 0.1) is 6.92 Å². The first-order valence-corrected chi connectivity index (χ1v) is 8.40. The minimum absolute atomic E-state index is 0.00624. The van der Waals surface area contributed by atoms with Crippen LogP contribution in [0.25, 0.3) is 0 Å². The van der Waals surface area contributed by atoms with Gasteiger partial charge in [-0.15, -0.1) is 0 Å². The van der Waals surface area contributed by atoms with Crippen molar-refractivity contribution in [2.45, 2.75) is 13.5 Å². The number of nitrogens with one attached hydrogen (secondary N) is 1. The summed E-state index contributed by atoms with van der Waals surface area (Å²) in [6.45, 7) is 2.03. The number of benzene rings is 2. The van der Waals surface area contributed by atoms with Gasteiger partial charge in [0.1, 0.15) is 17.2 Å². The Kier molecular flexibility index (Phi) is 5.56. The SMILES string of the molecule is COc1ccc(Oc2cc(CNC(=O)c3cccc(C)c3O)ccn2)cc1. The first-order chi connectivity index (χ1) is 13.1. The standard InChI is InChI=1S/C21H20N2O4/c1-14-4-3-5-18(20(14)24)21(25)23-13-15-10-11-22-19(12-15)27-17-8-6-16(26-2)7-9-17/h3-12,24H,13H2,1-2H3,(H,23,25). The van der Waals surface area contributed by atoms with Gasteiger partial charge in [-0.3, -0.25) is 4.79 Å². The van der Waals surface area contributed by atoms with E-state index in [0.717, 1.165) is 11.3 Å². The van der Waals surface area contributed by atoms with E-state index in [9.17, 15) is 9.90 Å². The van der Waals surface area contributed by atoms with Gasteiger partial charge in [-0.25, -0.2) is 4.98 Å². The molecule has 1 aromatic heterocycles. The molecular formula is C21H20N2O4. The zero-order valence-electron chi connectivity index (χ0n) is 15.1. The number of aromatic nitrogens is 1. The van der Waals surface area contributed by atoms with Crippen molar-refractivity contribution in [1.82, 2.24) is 10.3 Å². The van der Waals surface area contributed by atoms with Crippen LogP contribution in [0.3, 0.4) is 0 Å². The van der Waals surface area contributed by atoms with Gasteiger partial charge < -0.3 is 19.9 Å². The van der Waals surface area contributed by atoms with E-state index in [1.54, 1.807) is 74.8 Å². The molecule has 3 aromatic rings. The molecule has 0 bridgehead atoms. The van der Waals surface area contributed by atoms with Crippen LogP contribution < -0.4 is 14.8 Å². The number of phenolic OH excluding ortho intramolecular Hbond substituents is 1. The van der Waals surface area contributed by atoms with E-state index in [1.165, 1.54) is 0 Å². The van der Waals surface area contributed by atoms with Crippen LogP contribution in [0.5, 0.6) is 23.1 Å². The van der Waals surface area contributed by atoms with Gasteiger partial charge in [0.15, 0.2) is 0 Å². The van der Waals surface area contributed by atoms with Gasteiger partial charge in [0.2, 0.25) is 5.88 Å². The molecule has 2 aromatic carbocycles. The molecular weight excluding hydrogens is 344 g/mol. The predicted octanol–water partition coefficient (Wildman–Crippen LogP) is 3.83. The molecule has 0 atom stereocenters. The van der Waals surface area contributed by atoms with E-state index < -0.39 is 0 Å². The predicted molar refractivity (Wildman–Crippen MR) is 101 cm³/mol. The van der Waals surface area contributed by atoms with E-state index >= 15 is 0 Å². The van der Waals surface area contributed by atoms with Gasteiger partial charge >= 0.3 is 0 Å². The van der Waals surface area contributed by atoms with Crippen molar-refractivity contribution in [3.63, 3.8) is 0 Å². The summed E-state index contributed by atoms with van der Waals surface area (Å²) in [6, 6.07) is 15.8. The third-order valence-electron chi connectivity index (χ3n) is 4.02. The average molecular weight is 364 g/mol. The highest BCUT2D eigenvalue weighted by Gasteiger charge is 2.12. The fraction of sp³-hybridized carbons (Fsp3) is 0.143. The minimum Gasteiger partial charge on any atom is -0.507 e. The number of aryl methyl sites for hydroxylation is 1. The summed E-state index contributed by atoms with van der Waals surface area (Å²) in [5, 5.41) is 12.8. The highest BCUT2D eigenvalue weighted by atomic mass is 16.5. The van der Waals surface area contributed by atoms with Crippen molar-refractivity contribution in [1.29, 1.82) is 0 Å². The van der Waals surface area contributed by atoms with Crippen molar-refractivity contribution >= 4 is 5.91 Å². The monoisotopic (exact) mass is 364 g/mol. The number of aromatic hydroxyl groups is 1. The fourth-order valence-corrected chi connectivity index (χ4v) is 2.50. The first kappa shape index (κ1) is 18.3. The van der Waals surface area contributed by atoms with Crippen LogP contribution in [0.4, 0.5) is 0 Å². The number of rotatable bonds is 6. The van der Waals surface area contributed by atoms with Crippen molar-refractivity contribution < 1.29 is 19.4 Å². The van der Waals surface area contributed by atoms with Crippen molar-refractivity contribution in [3.05, 3.63) is 77.5 Å². The summed E-state index contributed by atoms with van der Waals surface area (Å²) in [4.78, 5) is 16.5. The van der Waals surface area contributed by atoms with Crippen LogP contribution in [-0.2, 0) is 6.54 Å². The Morgan fingerprint density at radius 3 is 2.59 bits per heavy atom. The topological polar surface area (TPSA) is 80.7 Å². The summed E-state index contributed by atoms with van der Waals surface area (Å²) in [5.74, 6) is 1.45. The third kappa shape index (κ3) is 4.55. The molecule has 0 saturated heterocycles. The lowest BCUT2D eigenvalue weighted by molar-refractivity contribution is 0.0948. The number of pyridine rings is 1. The highest BCUT2D eigenvalue weighted by Crippen LogP contribution is 2.23. The summed E-state index contributed by atoms with van der Waals surface area (Å²) in [6.07, 6.45) is 1.62. The average Bonchev–Trinajstić information content (AvgIpc) is 2.69. The molecule has 0 radical (unpaired) electrons. The minimum atomic E-state index is -0.342. The molecule has 0 aliphatic carbocycles. The van der Waals surface area contributed by atoms with E-state index in [1.807, 2.05) is 0 Å². The van der Waals surface area contributed by atoms with E-state index in [0.29, 0.717) is 17.2 Å². The molecule has 0 saturated carbocycles. The Bertz CT molecular complexity index is 939. The van der Waals surface area contributed by atoms with Crippen molar-refractivity contribution in [2.75, 3.05) is 7.11 Å². The summed E-state index contributed by atoms with van der Waals surface area (Å²) < 4.78 is 10.8. The number of hydrogen-bond acceptors (Lipinski definition) is 5. The van der Waals surface area contributed by atoms with Gasteiger partial charge in [0.25, 0.3) is 5.91 Å². The maximum absolute atomic E-state index is 12.3. The molecule has 27 heavy (non-hydrogen) atoms. The smallest absolute Gasteiger partial charge is 0.255 e. The number of nitrogens with zero attached hydrogens (tertiary/aromatic N) is 1. The zero-order valence-corrected chi connectivity index (χ0v) is 15.1. The molecule has 2 N–H and O–H groups in total. The molecule has 6 nitrogen and oxygen atoms in total. The Balaban J connectivity index is 1.65. The van der Waals surface area contributed by atoms with Gasteiger partial charge in [0.05, 0.1) is 12.7 Å². The number of ether oxygens (including phenoxy) is 2. The Morgan fingerprint density at radius 1 is 1.11 bits per heavy atom.